The van der Waals surface area contributed by atoms with Crippen LogP contribution in [0.4, 0.5) is 0 Å². The normalized spacial score (nSPS) is 12.6. The number of hydrogen-bond donors (Lipinski definition) is 0. The van der Waals surface area contributed by atoms with Crippen LogP contribution in [0, 0.1) is 13.8 Å². The lowest BCUT2D eigenvalue weighted by molar-refractivity contribution is 0.0475. The van der Waals surface area contributed by atoms with Gasteiger partial charge in [0.15, 0.2) is 6.61 Å². The Hall–Kier alpha value is -3.93. The van der Waals surface area contributed by atoms with Crippen LogP contribution in [-0.4, -0.2) is 35.0 Å². The van der Waals surface area contributed by atoms with E-state index < -0.39 is 5.97 Å². The van der Waals surface area contributed by atoms with Crippen LogP contribution in [0.1, 0.15) is 49.8 Å². The maximum absolute atomic E-state index is 13.2. The molecule has 172 valence electrons. The van der Waals surface area contributed by atoms with E-state index in [9.17, 15) is 9.59 Å². The Morgan fingerprint density at radius 2 is 1.79 bits per heavy atom. The van der Waals surface area contributed by atoms with Gasteiger partial charge in [-0.25, -0.2) is 4.79 Å². The molecule has 0 atom stereocenters. The number of pyridine rings is 1. The summed E-state index contributed by atoms with van der Waals surface area (Å²) in [7, 11) is 1.63. The van der Waals surface area contributed by atoms with Gasteiger partial charge >= 0.3 is 5.97 Å². The molecule has 0 amide bonds. The summed E-state index contributed by atoms with van der Waals surface area (Å²) >= 11 is 0. The first-order valence-corrected chi connectivity index (χ1v) is 11.4. The first-order chi connectivity index (χ1) is 16.5. The van der Waals surface area contributed by atoms with E-state index in [-0.39, 0.29) is 12.4 Å². The van der Waals surface area contributed by atoms with Gasteiger partial charge in [-0.2, -0.15) is 0 Å². The Morgan fingerprint density at radius 3 is 2.56 bits per heavy atom. The average molecular weight is 455 g/mol. The van der Waals surface area contributed by atoms with E-state index in [1.54, 1.807) is 7.11 Å². The smallest absolute Gasteiger partial charge is 0.339 e. The highest BCUT2D eigenvalue weighted by Gasteiger charge is 2.26. The number of Topliss-reactive ketones (excluding diaryl/α,β-unsaturated/α-hetero) is 1. The molecule has 0 fully saturated rings. The number of carbonyl (C=O) groups excluding carboxylic acids is 2. The van der Waals surface area contributed by atoms with Crippen molar-refractivity contribution in [2.24, 2.45) is 0 Å². The number of aryl methyl sites for hydroxylation is 2. The lowest BCUT2D eigenvalue weighted by atomic mass is 10.0. The van der Waals surface area contributed by atoms with Gasteiger partial charge in [0, 0.05) is 33.7 Å². The SMILES string of the molecule is COc1ccc(-n2c(C)cc(C(=O)COC(=O)c3c4c(nc5ccccc35)CCC4)c2C)cc1. The number of ketones is 1. The van der Waals surface area contributed by atoms with Crippen molar-refractivity contribution in [1.29, 1.82) is 0 Å². The van der Waals surface area contributed by atoms with Crippen molar-refractivity contribution in [3.05, 3.63) is 88.4 Å². The third-order valence-electron chi connectivity index (χ3n) is 6.52. The molecule has 1 aliphatic rings. The second-order valence-corrected chi connectivity index (χ2v) is 8.60. The molecule has 2 heterocycles. The fraction of sp³-hybridized carbons (Fsp3) is 0.250. The van der Waals surface area contributed by atoms with Gasteiger partial charge in [0.05, 0.1) is 18.2 Å². The molecule has 4 aromatic rings. The van der Waals surface area contributed by atoms with E-state index in [0.29, 0.717) is 11.1 Å². The maximum Gasteiger partial charge on any atom is 0.339 e. The van der Waals surface area contributed by atoms with Gasteiger partial charge < -0.3 is 14.0 Å². The highest BCUT2D eigenvalue weighted by atomic mass is 16.5. The van der Waals surface area contributed by atoms with Crippen LogP contribution in [0.25, 0.3) is 16.6 Å². The lowest BCUT2D eigenvalue weighted by Crippen LogP contribution is -2.17. The molecular formula is C28H26N2O4. The topological polar surface area (TPSA) is 70.4 Å². The van der Waals surface area contributed by atoms with Crippen LogP contribution in [0.5, 0.6) is 5.75 Å². The molecule has 0 saturated heterocycles. The minimum atomic E-state index is -0.464. The predicted octanol–water partition coefficient (Wildman–Crippen LogP) is 5.18. The number of rotatable bonds is 6. The summed E-state index contributed by atoms with van der Waals surface area (Å²) in [6.45, 7) is 3.54. The first kappa shape index (κ1) is 21.9. The molecule has 0 aliphatic heterocycles. The van der Waals surface area contributed by atoms with E-state index in [4.69, 9.17) is 14.5 Å². The van der Waals surface area contributed by atoms with Gasteiger partial charge in [0.2, 0.25) is 5.78 Å². The van der Waals surface area contributed by atoms with Crippen molar-refractivity contribution in [1.82, 2.24) is 9.55 Å². The van der Waals surface area contributed by atoms with E-state index in [2.05, 4.69) is 0 Å². The summed E-state index contributed by atoms with van der Waals surface area (Å²) in [6.07, 6.45) is 2.63. The Labute approximate surface area is 198 Å². The molecule has 6 nitrogen and oxygen atoms in total. The van der Waals surface area contributed by atoms with Gasteiger partial charge in [0.25, 0.3) is 0 Å². The van der Waals surface area contributed by atoms with Crippen LogP contribution in [0.2, 0.25) is 0 Å². The highest BCUT2D eigenvalue weighted by Crippen LogP contribution is 2.30. The number of para-hydroxylation sites is 1. The molecule has 0 radical (unpaired) electrons. The van der Waals surface area contributed by atoms with Crippen LogP contribution >= 0.6 is 0 Å². The van der Waals surface area contributed by atoms with Gasteiger partial charge in [-0.1, -0.05) is 18.2 Å². The molecule has 2 aromatic heterocycles. The van der Waals surface area contributed by atoms with Crippen LogP contribution in [0.15, 0.2) is 54.6 Å². The van der Waals surface area contributed by atoms with Crippen LogP contribution in [-0.2, 0) is 17.6 Å². The molecule has 5 rings (SSSR count). The third kappa shape index (κ3) is 3.75. The molecule has 0 bridgehead atoms. The Balaban J connectivity index is 1.39. The predicted molar refractivity (Wildman–Crippen MR) is 130 cm³/mol. The standard InChI is InChI=1S/C28H26N2O4/c1-17-15-23(18(2)30(17)19-11-13-20(33-3)14-12-19)26(31)16-34-28(32)27-21-7-4-5-9-24(21)29-25-10-6-8-22(25)27/h4-5,7,9,11-15H,6,8,10,16H2,1-3H3. The molecule has 0 N–H and O–H groups in total. The Morgan fingerprint density at radius 1 is 1.03 bits per heavy atom. The number of nitrogens with zero attached hydrogens (tertiary/aromatic N) is 2. The van der Waals surface area contributed by atoms with Gasteiger partial charge in [0.1, 0.15) is 5.75 Å². The number of carbonyl (C=O) groups is 2. The van der Waals surface area contributed by atoms with Crippen molar-refractivity contribution in [2.45, 2.75) is 33.1 Å². The first-order valence-electron chi connectivity index (χ1n) is 11.4. The van der Waals surface area contributed by atoms with Crippen molar-refractivity contribution in [2.75, 3.05) is 13.7 Å². The molecule has 6 heteroatoms. The van der Waals surface area contributed by atoms with E-state index >= 15 is 0 Å². The monoisotopic (exact) mass is 454 g/mol. The molecule has 34 heavy (non-hydrogen) atoms. The third-order valence-corrected chi connectivity index (χ3v) is 6.52. The number of fused-ring (bicyclic) bond motifs is 2. The number of aromatic nitrogens is 2. The molecule has 0 spiro atoms. The van der Waals surface area contributed by atoms with Crippen molar-refractivity contribution < 1.29 is 19.1 Å². The summed E-state index contributed by atoms with van der Waals surface area (Å²) in [5.41, 5.74) is 6.46. The largest absolute Gasteiger partial charge is 0.497 e. The second-order valence-electron chi connectivity index (χ2n) is 8.60. The number of ether oxygens (including phenoxy) is 2. The van der Waals surface area contributed by atoms with Crippen LogP contribution < -0.4 is 4.74 Å². The summed E-state index contributed by atoms with van der Waals surface area (Å²) in [5.74, 6) is 0.0785. The van der Waals surface area contributed by atoms with Crippen molar-refractivity contribution in [3.8, 4) is 11.4 Å². The number of benzene rings is 2. The molecule has 1 aliphatic carbocycles. The minimum Gasteiger partial charge on any atom is -0.497 e. The van der Waals surface area contributed by atoms with Crippen LogP contribution in [0.3, 0.4) is 0 Å². The quantitative estimate of drug-likeness (QED) is 0.297. The maximum atomic E-state index is 13.2. The summed E-state index contributed by atoms with van der Waals surface area (Å²) in [5, 5.41) is 0.776. The zero-order valence-corrected chi connectivity index (χ0v) is 19.6. The average Bonchev–Trinajstić information content (AvgIpc) is 3.44. The molecular weight excluding hydrogens is 428 g/mol. The number of esters is 1. The summed E-state index contributed by atoms with van der Waals surface area (Å²) < 4.78 is 12.8. The summed E-state index contributed by atoms with van der Waals surface area (Å²) in [4.78, 5) is 31.0. The second kappa shape index (κ2) is 8.78. The zero-order valence-electron chi connectivity index (χ0n) is 19.6. The van der Waals surface area contributed by atoms with Crippen molar-refractivity contribution in [3.63, 3.8) is 0 Å². The molecule has 0 saturated carbocycles. The van der Waals surface area contributed by atoms with Gasteiger partial charge in [-0.3, -0.25) is 9.78 Å². The highest BCUT2D eigenvalue weighted by molar-refractivity contribution is 6.07. The fourth-order valence-electron chi connectivity index (χ4n) is 4.90. The summed E-state index contributed by atoms with van der Waals surface area (Å²) in [6, 6.07) is 17.1. The fourth-order valence-corrected chi connectivity index (χ4v) is 4.90. The number of hydrogen-bond acceptors (Lipinski definition) is 5. The number of methoxy groups -OCH3 is 1. The zero-order chi connectivity index (χ0) is 23.8. The van der Waals surface area contributed by atoms with E-state index in [1.165, 1.54) is 0 Å². The van der Waals surface area contributed by atoms with Gasteiger partial charge in [-0.15, -0.1) is 0 Å². The molecule has 0 unspecified atom stereocenters. The Kier molecular flexibility index (Phi) is 5.65. The molecule has 2 aromatic carbocycles. The minimum absolute atomic E-state index is 0.226. The lowest BCUT2D eigenvalue weighted by Gasteiger charge is -2.12. The van der Waals surface area contributed by atoms with Crippen molar-refractivity contribution >= 4 is 22.7 Å². The van der Waals surface area contributed by atoms with E-state index in [0.717, 1.165) is 64.2 Å². The van der Waals surface area contributed by atoms with Gasteiger partial charge in [-0.05, 0) is 75.1 Å². The Bertz CT molecular complexity index is 1420. The van der Waals surface area contributed by atoms with E-state index in [1.807, 2.05) is 73.0 Å².